The molecule has 0 aliphatic heterocycles. The van der Waals surface area contributed by atoms with Crippen LogP contribution in [0.2, 0.25) is 0 Å². The van der Waals surface area contributed by atoms with E-state index in [1.807, 2.05) is 152 Å². The maximum atomic E-state index is 14.0. The molecule has 0 fully saturated rings. The van der Waals surface area contributed by atoms with Crippen LogP contribution < -0.4 is 21.7 Å². The number of hydrogen-bond acceptors (Lipinski definition) is 10. The minimum Gasteiger partial charge on any atom is -0.469 e. The lowest BCUT2D eigenvalue weighted by Crippen LogP contribution is -2.51. The molecular weight excluding hydrogens is 901 g/mol. The van der Waals surface area contributed by atoms with Crippen LogP contribution in [0.5, 0.6) is 0 Å². The number of amides is 4. The number of hydrogen-bond donors (Lipinski definition) is 4. The van der Waals surface area contributed by atoms with E-state index in [-0.39, 0.29) is 50.3 Å². The number of nitrogens with two attached hydrogens (primary N) is 1. The van der Waals surface area contributed by atoms with E-state index in [0.29, 0.717) is 19.3 Å². The van der Waals surface area contributed by atoms with E-state index in [9.17, 15) is 38.4 Å². The Kier molecular flexibility index (Phi) is 23.1. The molecule has 14 heteroatoms. The lowest BCUT2D eigenvalue weighted by atomic mass is 9.76. The number of methoxy groups -OCH3 is 2. The molecule has 0 aliphatic rings. The van der Waals surface area contributed by atoms with Gasteiger partial charge >= 0.3 is 11.9 Å². The van der Waals surface area contributed by atoms with E-state index < -0.39 is 64.8 Å². The Morgan fingerprint density at radius 3 is 1.11 bits per heavy atom. The number of carbonyl (C=O) groups is 8. The molecule has 5 aromatic rings. The van der Waals surface area contributed by atoms with Gasteiger partial charge in [0.1, 0.15) is 5.54 Å². The monoisotopic (exact) mass is 966 g/mol. The maximum absolute atomic E-state index is 14.0. The van der Waals surface area contributed by atoms with Gasteiger partial charge in [0.05, 0.1) is 51.0 Å². The van der Waals surface area contributed by atoms with Crippen LogP contribution in [0.1, 0.15) is 93.0 Å². The Morgan fingerprint density at radius 1 is 0.465 bits per heavy atom. The number of ether oxygens (including phenoxy) is 2. The molecule has 0 bridgehead atoms. The van der Waals surface area contributed by atoms with Gasteiger partial charge in [-0.25, -0.2) is 0 Å². The van der Waals surface area contributed by atoms with Crippen molar-refractivity contribution in [3.63, 3.8) is 0 Å². The summed E-state index contributed by atoms with van der Waals surface area (Å²) in [6, 6.07) is 46.4. The van der Waals surface area contributed by atoms with Crippen molar-refractivity contribution >= 4 is 47.1 Å². The highest BCUT2D eigenvalue weighted by atomic mass is 16.5. The van der Waals surface area contributed by atoms with Crippen molar-refractivity contribution in [3.05, 3.63) is 179 Å². The molecule has 0 aliphatic carbocycles. The smallest absolute Gasteiger partial charge is 0.308 e. The lowest BCUT2D eigenvalue weighted by Gasteiger charge is -2.37. The first-order valence-corrected chi connectivity index (χ1v) is 23.8. The number of esters is 2. The molecule has 0 saturated carbocycles. The summed E-state index contributed by atoms with van der Waals surface area (Å²) in [7, 11) is 2.50. The van der Waals surface area contributed by atoms with E-state index in [1.54, 1.807) is 13.8 Å². The fourth-order valence-electron chi connectivity index (χ4n) is 8.10. The van der Waals surface area contributed by atoms with Crippen LogP contribution in [0.3, 0.4) is 0 Å². The summed E-state index contributed by atoms with van der Waals surface area (Å²) in [5.41, 5.74) is 8.83. The molecule has 0 heterocycles. The van der Waals surface area contributed by atoms with Crippen LogP contribution in [0, 0.1) is 11.8 Å². The zero-order chi connectivity index (χ0) is 51.6. The van der Waals surface area contributed by atoms with E-state index in [0.717, 1.165) is 34.2 Å². The largest absolute Gasteiger partial charge is 0.469 e. The Morgan fingerprint density at radius 2 is 0.789 bits per heavy atom. The Balaban J connectivity index is 0.000000359. The van der Waals surface area contributed by atoms with Crippen molar-refractivity contribution in [2.45, 2.75) is 95.7 Å². The number of ketones is 2. The fraction of sp³-hybridized carbons (Fsp3) is 0.333. The fourth-order valence-corrected chi connectivity index (χ4v) is 8.10. The molecule has 5 rings (SSSR count). The molecule has 0 spiro atoms. The highest BCUT2D eigenvalue weighted by Crippen LogP contribution is 2.37. The second-order valence-corrected chi connectivity index (χ2v) is 17.4. The van der Waals surface area contributed by atoms with Gasteiger partial charge < -0.3 is 31.2 Å². The quantitative estimate of drug-likeness (QED) is 0.0332. The van der Waals surface area contributed by atoms with Gasteiger partial charge in [-0.2, -0.15) is 0 Å². The third-order valence-corrected chi connectivity index (χ3v) is 11.8. The second kappa shape index (κ2) is 29.3. The van der Waals surface area contributed by atoms with Crippen molar-refractivity contribution in [2.75, 3.05) is 14.2 Å². The van der Waals surface area contributed by atoms with E-state index in [2.05, 4.69) is 20.7 Å². The van der Waals surface area contributed by atoms with Gasteiger partial charge in [0.25, 0.3) is 0 Å². The van der Waals surface area contributed by atoms with Gasteiger partial charge in [0, 0.05) is 25.7 Å². The average molecular weight is 967 g/mol. The van der Waals surface area contributed by atoms with E-state index >= 15 is 0 Å². The number of benzene rings is 5. The topological polar surface area (TPSA) is 217 Å². The summed E-state index contributed by atoms with van der Waals surface area (Å²) >= 11 is 0. The van der Waals surface area contributed by atoms with Gasteiger partial charge in [-0.3, -0.25) is 38.4 Å². The minimum absolute atomic E-state index is 0.130. The van der Waals surface area contributed by atoms with Crippen LogP contribution >= 0.6 is 0 Å². The SMILES string of the molecule is COC(=O)[C@H](C)CC(=O)[C@@H](CC(=O)NC(c1ccccc1)(c1ccccc1)c1ccccc1)NC(=O)CCCc1ccccc1.COC(=O)[C@H](C)CC(=O)[C@@H](CC(N)=O)NC(=O)CCCc1ccccc1. The van der Waals surface area contributed by atoms with Gasteiger partial charge in [0.2, 0.25) is 23.6 Å². The zero-order valence-electron chi connectivity index (χ0n) is 41.0. The first-order chi connectivity index (χ1) is 34.2. The van der Waals surface area contributed by atoms with E-state index in [4.69, 9.17) is 10.5 Å². The van der Waals surface area contributed by atoms with Crippen LogP contribution in [0.4, 0.5) is 0 Å². The minimum atomic E-state index is -1.12. The van der Waals surface area contributed by atoms with Crippen LogP contribution in [-0.2, 0) is 66.2 Å². The average Bonchev–Trinajstić information content (AvgIpc) is 3.38. The third-order valence-electron chi connectivity index (χ3n) is 11.8. The summed E-state index contributed by atoms with van der Waals surface area (Å²) in [6.45, 7) is 3.14. The standard InChI is InChI=1S/C38H40N2O5.C19H26N2O5/c1-28(37(44)45-2)26-34(41)33(39-35(42)25-15-18-29-16-7-3-8-17-29)27-36(43)40-38(30-19-9-4-10-20-30,31-21-11-5-12-22-31)32-23-13-6-14-24-32;1-13(19(25)26-2)11-16(22)15(12-17(20)23)21-18(24)10-6-9-14-7-4-3-5-8-14/h3-14,16-17,19-24,28,33H,15,18,25-27H2,1-2H3,(H,39,42)(H,40,43);3-5,7-8,13,15H,6,9-12H2,1-2H3,(H2,20,23)(H,21,24)/t28-,33-;13-,15-/m11/s1. The normalized spacial score (nSPS) is 12.5. The molecule has 4 atom stereocenters. The van der Waals surface area contributed by atoms with E-state index in [1.165, 1.54) is 14.2 Å². The summed E-state index contributed by atoms with van der Waals surface area (Å²) in [5.74, 6) is -5.05. The van der Waals surface area contributed by atoms with Crippen LogP contribution in [0.25, 0.3) is 0 Å². The molecule has 0 aromatic heterocycles. The lowest BCUT2D eigenvalue weighted by molar-refractivity contribution is -0.147. The molecule has 71 heavy (non-hydrogen) atoms. The highest BCUT2D eigenvalue weighted by Gasteiger charge is 2.39. The van der Waals surface area contributed by atoms with Crippen molar-refractivity contribution < 1.29 is 47.8 Å². The first kappa shape index (κ1) is 55.9. The molecule has 4 amide bonds. The number of primary amides is 1. The van der Waals surface area contributed by atoms with Gasteiger partial charge in [-0.15, -0.1) is 0 Å². The number of Topliss-reactive ketones (excluding diaryl/α,β-unsaturated/α-hetero) is 2. The Hall–Kier alpha value is -7.74. The van der Waals surface area contributed by atoms with Crippen molar-refractivity contribution in [3.8, 4) is 0 Å². The Bertz CT molecular complexity index is 2390. The second-order valence-electron chi connectivity index (χ2n) is 17.4. The molecule has 0 saturated heterocycles. The maximum Gasteiger partial charge on any atom is 0.308 e. The van der Waals surface area contributed by atoms with Gasteiger partial charge in [-0.05, 0) is 53.5 Å². The highest BCUT2D eigenvalue weighted by molar-refractivity contribution is 5.96. The van der Waals surface area contributed by atoms with Crippen molar-refractivity contribution in [1.29, 1.82) is 0 Å². The van der Waals surface area contributed by atoms with Gasteiger partial charge in [-0.1, -0.05) is 166 Å². The van der Waals surface area contributed by atoms with Crippen molar-refractivity contribution in [1.82, 2.24) is 16.0 Å². The van der Waals surface area contributed by atoms with Crippen LogP contribution in [-0.4, -0.2) is 73.4 Å². The summed E-state index contributed by atoms with van der Waals surface area (Å²) in [5, 5.41) is 8.61. The molecule has 374 valence electrons. The number of aryl methyl sites for hydroxylation is 2. The summed E-state index contributed by atoms with van der Waals surface area (Å²) in [6.07, 6.45) is 2.17. The zero-order valence-corrected chi connectivity index (χ0v) is 41.0. The predicted molar refractivity (Wildman–Crippen MR) is 270 cm³/mol. The third kappa shape index (κ3) is 18.3. The van der Waals surface area contributed by atoms with Gasteiger partial charge in [0.15, 0.2) is 11.6 Å². The predicted octanol–water partition coefficient (Wildman–Crippen LogP) is 6.90. The number of carbonyl (C=O) groups excluding carboxylic acids is 8. The molecule has 5 N–H and O–H groups in total. The summed E-state index contributed by atoms with van der Waals surface area (Å²) < 4.78 is 9.38. The van der Waals surface area contributed by atoms with Crippen LogP contribution in [0.15, 0.2) is 152 Å². The Labute approximate surface area is 416 Å². The molecule has 14 nitrogen and oxygen atoms in total. The first-order valence-electron chi connectivity index (χ1n) is 23.8. The van der Waals surface area contributed by atoms with Crippen molar-refractivity contribution in [2.24, 2.45) is 17.6 Å². The molecule has 0 unspecified atom stereocenters. The molecular formula is C57H66N4O10. The summed E-state index contributed by atoms with van der Waals surface area (Å²) in [4.78, 5) is 99.8. The molecule has 0 radical (unpaired) electrons. The number of rotatable bonds is 26. The molecule has 5 aromatic carbocycles. The number of nitrogens with one attached hydrogen (secondary N) is 3.